The van der Waals surface area contributed by atoms with Gasteiger partial charge in [0.05, 0.1) is 5.70 Å². The molecule has 1 aromatic heterocycles. The van der Waals surface area contributed by atoms with E-state index in [4.69, 9.17) is 0 Å². The summed E-state index contributed by atoms with van der Waals surface area (Å²) in [6, 6.07) is 10.3. The third kappa shape index (κ3) is 3.68. The van der Waals surface area contributed by atoms with Crippen LogP contribution in [0.3, 0.4) is 0 Å². The number of fused-ring (bicyclic) bond motifs is 1. The van der Waals surface area contributed by atoms with Crippen molar-refractivity contribution in [2.75, 3.05) is 6.54 Å². The first-order chi connectivity index (χ1) is 13.7. The van der Waals surface area contributed by atoms with E-state index in [2.05, 4.69) is 10.3 Å². The Morgan fingerprint density at radius 2 is 1.69 bits per heavy atom. The lowest BCUT2D eigenvalue weighted by Crippen LogP contribution is -2.42. The summed E-state index contributed by atoms with van der Waals surface area (Å²) < 4.78 is 38.2. The Morgan fingerprint density at radius 3 is 2.31 bits per heavy atom. The quantitative estimate of drug-likeness (QED) is 0.811. The highest BCUT2D eigenvalue weighted by atomic mass is 19.4. The molecule has 7 heteroatoms. The molecule has 1 amide bonds. The number of allylic oxidation sites excluding steroid dienone is 2. The molecule has 0 aliphatic carbocycles. The number of hydrogen-bond donors (Lipinski definition) is 1. The molecule has 0 radical (unpaired) electrons. The summed E-state index contributed by atoms with van der Waals surface area (Å²) in [5, 5.41) is 3.16. The van der Waals surface area contributed by atoms with E-state index in [1.165, 1.54) is 12.1 Å². The fourth-order valence-corrected chi connectivity index (χ4v) is 3.36. The molecule has 0 saturated heterocycles. The standard InChI is InChI=1S/C22H18F3N3O/c1-13-3-5-15(6-4-13)17-9-20-27-18(10-21(29)28(20)12-14(17)2)16-7-8-19(26-11-16)22(23,24)25/h3-11,27H,12H2,1-2H3. The van der Waals surface area contributed by atoms with Gasteiger partial charge in [-0.2, -0.15) is 13.2 Å². The number of carbonyl (C=O) groups is 1. The van der Waals surface area contributed by atoms with Crippen molar-refractivity contribution in [3.63, 3.8) is 0 Å². The Labute approximate surface area is 166 Å². The summed E-state index contributed by atoms with van der Waals surface area (Å²) in [5.41, 5.74) is 4.13. The number of aryl methyl sites for hydroxylation is 1. The number of pyridine rings is 1. The molecule has 4 nitrogen and oxygen atoms in total. The first-order valence-corrected chi connectivity index (χ1v) is 9.05. The van der Waals surface area contributed by atoms with Crippen molar-refractivity contribution in [3.8, 4) is 0 Å². The summed E-state index contributed by atoms with van der Waals surface area (Å²) in [6.07, 6.45) is -0.107. The lowest BCUT2D eigenvalue weighted by molar-refractivity contribution is -0.141. The van der Waals surface area contributed by atoms with E-state index in [0.29, 0.717) is 23.6 Å². The minimum Gasteiger partial charge on any atom is -0.341 e. The fourth-order valence-electron chi connectivity index (χ4n) is 3.36. The molecular formula is C22H18F3N3O. The molecule has 2 aliphatic rings. The second-order valence-corrected chi connectivity index (χ2v) is 7.13. The van der Waals surface area contributed by atoms with Crippen molar-refractivity contribution >= 4 is 17.2 Å². The number of alkyl halides is 3. The van der Waals surface area contributed by atoms with Gasteiger partial charge in [-0.3, -0.25) is 14.7 Å². The SMILES string of the molecule is CC1=C(c2ccc(C)cc2)C=C2NC(c3ccc(C(F)(F)F)nc3)=CC(=O)N2C1. The number of rotatable bonds is 2. The van der Waals surface area contributed by atoms with Crippen LogP contribution in [0.1, 0.15) is 29.3 Å². The third-order valence-corrected chi connectivity index (χ3v) is 4.95. The summed E-state index contributed by atoms with van der Waals surface area (Å²) in [5.74, 6) is 0.362. The van der Waals surface area contributed by atoms with Crippen LogP contribution in [0, 0.1) is 6.92 Å². The number of carbonyl (C=O) groups excluding carboxylic acids is 1. The summed E-state index contributed by atoms with van der Waals surface area (Å²) in [7, 11) is 0. The number of amides is 1. The molecule has 0 atom stereocenters. The normalized spacial score (nSPS) is 16.9. The Balaban J connectivity index is 1.66. The van der Waals surface area contributed by atoms with E-state index in [1.54, 1.807) is 4.90 Å². The maximum atomic E-state index is 12.7. The number of aromatic nitrogens is 1. The van der Waals surface area contributed by atoms with Crippen LogP contribution in [0.25, 0.3) is 11.3 Å². The van der Waals surface area contributed by atoms with Gasteiger partial charge in [0, 0.05) is 24.4 Å². The molecule has 1 aromatic carbocycles. The molecular weight excluding hydrogens is 379 g/mol. The lowest BCUT2D eigenvalue weighted by Gasteiger charge is -2.34. The molecule has 0 spiro atoms. The number of halogens is 3. The van der Waals surface area contributed by atoms with Crippen LogP contribution in [0.15, 0.2) is 66.1 Å². The van der Waals surface area contributed by atoms with Crippen molar-refractivity contribution in [2.24, 2.45) is 0 Å². The summed E-state index contributed by atoms with van der Waals surface area (Å²) >= 11 is 0. The Kier molecular flexibility index (Phi) is 4.53. The zero-order valence-electron chi connectivity index (χ0n) is 15.8. The zero-order valence-corrected chi connectivity index (χ0v) is 15.8. The van der Waals surface area contributed by atoms with Crippen molar-refractivity contribution in [1.29, 1.82) is 0 Å². The predicted octanol–water partition coefficient (Wildman–Crippen LogP) is 4.51. The minimum atomic E-state index is -4.50. The zero-order chi connectivity index (χ0) is 20.8. The average molecular weight is 397 g/mol. The first kappa shape index (κ1) is 19.0. The van der Waals surface area contributed by atoms with Gasteiger partial charge in [-0.1, -0.05) is 29.8 Å². The van der Waals surface area contributed by atoms with E-state index in [0.717, 1.165) is 34.5 Å². The van der Waals surface area contributed by atoms with Gasteiger partial charge < -0.3 is 5.32 Å². The maximum Gasteiger partial charge on any atom is 0.433 e. The van der Waals surface area contributed by atoms with Crippen LogP contribution >= 0.6 is 0 Å². The molecule has 3 heterocycles. The van der Waals surface area contributed by atoms with Gasteiger partial charge in [-0.05, 0) is 48.8 Å². The topological polar surface area (TPSA) is 45.2 Å². The fraction of sp³-hybridized carbons (Fsp3) is 0.182. The van der Waals surface area contributed by atoms with E-state index in [1.807, 2.05) is 44.2 Å². The predicted molar refractivity (Wildman–Crippen MR) is 104 cm³/mol. The maximum absolute atomic E-state index is 12.7. The number of nitrogens with zero attached hydrogens (tertiary/aromatic N) is 2. The molecule has 1 N–H and O–H groups in total. The summed E-state index contributed by atoms with van der Waals surface area (Å²) in [6.45, 7) is 4.44. The second kappa shape index (κ2) is 6.92. The highest BCUT2D eigenvalue weighted by Crippen LogP contribution is 2.32. The van der Waals surface area contributed by atoms with Crippen LogP contribution in [0.5, 0.6) is 0 Å². The van der Waals surface area contributed by atoms with Gasteiger partial charge in [0.2, 0.25) is 0 Å². The van der Waals surface area contributed by atoms with E-state index in [9.17, 15) is 18.0 Å². The van der Waals surface area contributed by atoms with Crippen LogP contribution in [0.2, 0.25) is 0 Å². The van der Waals surface area contributed by atoms with E-state index in [-0.39, 0.29) is 5.91 Å². The third-order valence-electron chi connectivity index (χ3n) is 4.95. The molecule has 0 fully saturated rings. The summed E-state index contributed by atoms with van der Waals surface area (Å²) in [4.78, 5) is 17.7. The first-order valence-electron chi connectivity index (χ1n) is 9.05. The average Bonchev–Trinajstić information content (AvgIpc) is 2.68. The molecule has 4 rings (SSSR count). The molecule has 0 saturated carbocycles. The van der Waals surface area contributed by atoms with Crippen molar-refractivity contribution in [3.05, 3.63) is 88.5 Å². The van der Waals surface area contributed by atoms with Crippen molar-refractivity contribution < 1.29 is 18.0 Å². The van der Waals surface area contributed by atoms with Gasteiger partial charge in [0.25, 0.3) is 5.91 Å². The molecule has 2 aromatic rings. The second-order valence-electron chi connectivity index (χ2n) is 7.13. The smallest absolute Gasteiger partial charge is 0.341 e. The van der Waals surface area contributed by atoms with Crippen LogP contribution < -0.4 is 5.32 Å². The van der Waals surface area contributed by atoms with Crippen LogP contribution in [-0.2, 0) is 11.0 Å². The molecule has 2 aliphatic heterocycles. The van der Waals surface area contributed by atoms with Crippen molar-refractivity contribution in [2.45, 2.75) is 20.0 Å². The van der Waals surface area contributed by atoms with E-state index >= 15 is 0 Å². The molecule has 29 heavy (non-hydrogen) atoms. The van der Waals surface area contributed by atoms with Gasteiger partial charge in [-0.25, -0.2) is 0 Å². The Morgan fingerprint density at radius 1 is 1.00 bits per heavy atom. The number of nitrogens with one attached hydrogen (secondary N) is 1. The van der Waals surface area contributed by atoms with Crippen LogP contribution in [0.4, 0.5) is 13.2 Å². The van der Waals surface area contributed by atoms with Gasteiger partial charge in [-0.15, -0.1) is 0 Å². The Hall–Kier alpha value is -3.35. The Bertz CT molecular complexity index is 1060. The lowest BCUT2D eigenvalue weighted by atomic mass is 9.95. The highest BCUT2D eigenvalue weighted by molar-refractivity contribution is 5.99. The number of hydrogen-bond acceptors (Lipinski definition) is 3. The highest BCUT2D eigenvalue weighted by Gasteiger charge is 2.33. The molecule has 0 unspecified atom stereocenters. The minimum absolute atomic E-state index is 0.229. The van der Waals surface area contributed by atoms with Gasteiger partial charge in [0.15, 0.2) is 0 Å². The van der Waals surface area contributed by atoms with Gasteiger partial charge >= 0.3 is 6.18 Å². The number of benzene rings is 1. The van der Waals surface area contributed by atoms with E-state index < -0.39 is 11.9 Å². The van der Waals surface area contributed by atoms with Crippen molar-refractivity contribution in [1.82, 2.24) is 15.2 Å². The largest absolute Gasteiger partial charge is 0.433 e. The van der Waals surface area contributed by atoms with Gasteiger partial charge in [0.1, 0.15) is 11.5 Å². The molecule has 148 valence electrons. The van der Waals surface area contributed by atoms with Crippen LogP contribution in [-0.4, -0.2) is 22.3 Å². The monoisotopic (exact) mass is 397 g/mol. The molecule has 0 bridgehead atoms.